The maximum absolute atomic E-state index is 4.91. The molecule has 0 atom stereocenters. The van der Waals surface area contributed by atoms with Crippen LogP contribution in [0.4, 0.5) is 11.4 Å². The molecule has 3 heteroatoms. The van der Waals surface area contributed by atoms with Gasteiger partial charge >= 0.3 is 0 Å². The zero-order valence-corrected chi connectivity index (χ0v) is 28.9. The highest BCUT2D eigenvalue weighted by Gasteiger charge is 2.36. The highest BCUT2D eigenvalue weighted by Crippen LogP contribution is 2.51. The Hall–Kier alpha value is -6.32. The number of nitrogens with zero attached hydrogens (tertiary/aromatic N) is 2. The number of nitrogens with one attached hydrogen (secondary N) is 1. The Balaban J connectivity index is 1.15. The largest absolute Gasteiger partial charge is 0.355 e. The highest BCUT2D eigenvalue weighted by atomic mass is 14.9. The van der Waals surface area contributed by atoms with Crippen molar-refractivity contribution in [1.82, 2.24) is 0 Å². The molecule has 0 fully saturated rings. The fourth-order valence-corrected chi connectivity index (χ4v) is 7.09. The number of aliphatic imine (C=N–C) groups is 2. The van der Waals surface area contributed by atoms with Crippen LogP contribution in [0.3, 0.4) is 0 Å². The van der Waals surface area contributed by atoms with Crippen LogP contribution >= 0.6 is 0 Å². The third-order valence-electron chi connectivity index (χ3n) is 9.81. The molecular formula is C48H39N3. The van der Waals surface area contributed by atoms with Crippen molar-refractivity contribution in [1.29, 1.82) is 0 Å². The first-order chi connectivity index (χ1) is 25.0. The van der Waals surface area contributed by atoms with Crippen molar-refractivity contribution < 1.29 is 0 Å². The number of amidine groups is 1. The minimum atomic E-state index is -0.0991. The lowest BCUT2D eigenvalue weighted by Crippen LogP contribution is -2.15. The van der Waals surface area contributed by atoms with Crippen LogP contribution in [0.5, 0.6) is 0 Å². The first-order valence-corrected chi connectivity index (χ1v) is 17.5. The van der Waals surface area contributed by atoms with Gasteiger partial charge in [0.2, 0.25) is 0 Å². The molecule has 1 aliphatic carbocycles. The maximum Gasteiger partial charge on any atom is 0.154 e. The van der Waals surface area contributed by atoms with Gasteiger partial charge in [0.15, 0.2) is 5.84 Å². The van der Waals surface area contributed by atoms with E-state index in [9.17, 15) is 0 Å². The van der Waals surface area contributed by atoms with Gasteiger partial charge in [0, 0.05) is 34.1 Å². The van der Waals surface area contributed by atoms with Crippen molar-refractivity contribution in [3.8, 4) is 33.4 Å². The van der Waals surface area contributed by atoms with Crippen LogP contribution in [-0.2, 0) is 12.0 Å². The van der Waals surface area contributed by atoms with Gasteiger partial charge in [-0.1, -0.05) is 166 Å². The van der Waals surface area contributed by atoms with Crippen molar-refractivity contribution in [3.63, 3.8) is 0 Å². The lowest BCUT2D eigenvalue weighted by molar-refractivity contribution is 0.660. The summed E-state index contributed by atoms with van der Waals surface area (Å²) >= 11 is 0. The molecule has 0 radical (unpaired) electrons. The van der Waals surface area contributed by atoms with Gasteiger partial charge in [-0.3, -0.25) is 4.99 Å². The Bertz CT molecular complexity index is 2350. The zero-order valence-electron chi connectivity index (χ0n) is 28.9. The molecule has 51 heavy (non-hydrogen) atoms. The summed E-state index contributed by atoms with van der Waals surface area (Å²) in [6.07, 6.45) is 1.91. The molecule has 1 N–H and O–H groups in total. The van der Waals surface area contributed by atoms with E-state index in [0.29, 0.717) is 12.4 Å². The monoisotopic (exact) mass is 657 g/mol. The molecule has 7 aromatic rings. The summed E-state index contributed by atoms with van der Waals surface area (Å²) in [6, 6.07) is 61.9. The van der Waals surface area contributed by atoms with E-state index in [1.807, 2.05) is 42.6 Å². The van der Waals surface area contributed by atoms with E-state index in [4.69, 9.17) is 9.98 Å². The van der Waals surface area contributed by atoms with Crippen molar-refractivity contribution in [2.75, 3.05) is 5.32 Å². The molecule has 0 saturated heterocycles. The van der Waals surface area contributed by atoms with Crippen LogP contribution in [0, 0.1) is 0 Å². The average Bonchev–Trinajstić information content (AvgIpc) is 3.41. The molecule has 0 unspecified atom stereocenters. The number of rotatable bonds is 8. The molecule has 0 spiro atoms. The van der Waals surface area contributed by atoms with E-state index >= 15 is 0 Å². The second-order valence-corrected chi connectivity index (χ2v) is 13.6. The molecule has 7 aromatic carbocycles. The van der Waals surface area contributed by atoms with Gasteiger partial charge in [-0.2, -0.15) is 0 Å². The fraction of sp³-hybridized carbons (Fsp3) is 0.0833. The van der Waals surface area contributed by atoms with Gasteiger partial charge in [0.25, 0.3) is 0 Å². The second kappa shape index (κ2) is 13.9. The predicted octanol–water partition coefficient (Wildman–Crippen LogP) is 12.1. The van der Waals surface area contributed by atoms with Crippen molar-refractivity contribution >= 4 is 23.4 Å². The van der Waals surface area contributed by atoms with E-state index in [1.165, 1.54) is 44.5 Å². The summed E-state index contributed by atoms with van der Waals surface area (Å²) < 4.78 is 0. The van der Waals surface area contributed by atoms with E-state index in [1.54, 1.807) is 0 Å². The number of fused-ring (bicyclic) bond motifs is 3. The fourth-order valence-electron chi connectivity index (χ4n) is 7.09. The van der Waals surface area contributed by atoms with Crippen molar-refractivity contribution in [2.24, 2.45) is 9.98 Å². The van der Waals surface area contributed by atoms with Crippen molar-refractivity contribution in [3.05, 3.63) is 204 Å². The molecule has 0 bridgehead atoms. The lowest BCUT2D eigenvalue weighted by atomic mass is 9.81. The Morgan fingerprint density at radius 1 is 0.549 bits per heavy atom. The molecule has 0 aromatic heterocycles. The van der Waals surface area contributed by atoms with E-state index in [-0.39, 0.29) is 5.41 Å². The highest BCUT2D eigenvalue weighted by molar-refractivity contribution is 6.05. The summed E-state index contributed by atoms with van der Waals surface area (Å²) in [5.41, 5.74) is 15.2. The van der Waals surface area contributed by atoms with Gasteiger partial charge in [-0.15, -0.1) is 0 Å². The molecule has 0 saturated carbocycles. The number of benzene rings is 7. The van der Waals surface area contributed by atoms with Gasteiger partial charge < -0.3 is 5.32 Å². The van der Waals surface area contributed by atoms with Crippen molar-refractivity contribution in [2.45, 2.75) is 25.8 Å². The predicted molar refractivity (Wildman–Crippen MR) is 215 cm³/mol. The molecule has 246 valence electrons. The third-order valence-corrected chi connectivity index (χ3v) is 9.81. The molecule has 0 aliphatic heterocycles. The summed E-state index contributed by atoms with van der Waals surface area (Å²) in [6.45, 7) is 5.24. The molecule has 0 amide bonds. The number of hydrogen-bond donors (Lipinski definition) is 1. The average molecular weight is 658 g/mol. The Morgan fingerprint density at radius 2 is 1.20 bits per heavy atom. The van der Waals surface area contributed by atoms with E-state index < -0.39 is 0 Å². The second-order valence-electron chi connectivity index (χ2n) is 13.6. The van der Waals surface area contributed by atoms with Crippen LogP contribution < -0.4 is 5.32 Å². The van der Waals surface area contributed by atoms with Crippen LogP contribution in [0.25, 0.3) is 33.4 Å². The van der Waals surface area contributed by atoms with Crippen LogP contribution in [0.15, 0.2) is 186 Å². The van der Waals surface area contributed by atoms with Gasteiger partial charge in [0.05, 0.1) is 6.54 Å². The normalized spacial score (nSPS) is 13.2. The SMILES string of the molecule is CC1(C)c2ccccc2-c2cc(Nc3cccc(/C=N/C(=N\Cc4ccccc4)c4ccccc4)c3)c(-c3ccc(-c4ccccc4)cc3)cc21. The summed E-state index contributed by atoms with van der Waals surface area (Å²) in [4.78, 5) is 9.82. The van der Waals surface area contributed by atoms with E-state index in [2.05, 4.69) is 159 Å². The molecule has 1 aliphatic rings. The summed E-state index contributed by atoms with van der Waals surface area (Å²) in [5, 5.41) is 3.82. The maximum atomic E-state index is 4.91. The van der Waals surface area contributed by atoms with E-state index in [0.717, 1.165) is 28.1 Å². The molecule has 8 rings (SSSR count). The first-order valence-electron chi connectivity index (χ1n) is 17.5. The molecule has 3 nitrogen and oxygen atoms in total. The van der Waals surface area contributed by atoms with Crippen LogP contribution in [0.1, 0.15) is 41.7 Å². The van der Waals surface area contributed by atoms with Gasteiger partial charge in [-0.25, -0.2) is 4.99 Å². The van der Waals surface area contributed by atoms with Gasteiger partial charge in [-0.05, 0) is 74.3 Å². The third kappa shape index (κ3) is 6.67. The molecular weight excluding hydrogens is 619 g/mol. The lowest BCUT2D eigenvalue weighted by Gasteiger charge is -2.23. The first kappa shape index (κ1) is 31.9. The number of hydrogen-bond acceptors (Lipinski definition) is 2. The Kier molecular flexibility index (Phi) is 8.69. The quantitative estimate of drug-likeness (QED) is 0.128. The topological polar surface area (TPSA) is 36.8 Å². The minimum Gasteiger partial charge on any atom is -0.355 e. The Labute approximate surface area is 300 Å². The van der Waals surface area contributed by atoms with Crippen LogP contribution in [0.2, 0.25) is 0 Å². The minimum absolute atomic E-state index is 0.0991. The summed E-state index contributed by atoms with van der Waals surface area (Å²) in [5.74, 6) is 0.707. The van der Waals surface area contributed by atoms with Crippen LogP contribution in [-0.4, -0.2) is 12.1 Å². The standard InChI is InChI=1S/C48H39N3/c1-48(2)44-24-13-12-23-41(44)43-31-46(42(30-45(43)48)38-27-25-37(26-28-38)36-18-8-4-9-19-36)51-40-22-14-17-35(29-40)33-50-47(39-20-10-5-11-21-39)49-32-34-15-6-3-7-16-34/h3-31,33,51H,32H2,1-2H3/b49-47-,50-33+. The van der Waals surface area contributed by atoms with Gasteiger partial charge in [0.1, 0.15) is 0 Å². The smallest absolute Gasteiger partial charge is 0.154 e. The number of anilines is 2. The summed E-state index contributed by atoms with van der Waals surface area (Å²) in [7, 11) is 0. The Morgan fingerprint density at radius 3 is 1.96 bits per heavy atom. The zero-order chi connectivity index (χ0) is 34.6. The molecule has 0 heterocycles.